The number of carbonyl (C=O) groups excluding carboxylic acids is 2. The first-order valence-electron chi connectivity index (χ1n) is 8.52. The van der Waals surface area contributed by atoms with Gasteiger partial charge in [-0.15, -0.1) is 0 Å². The summed E-state index contributed by atoms with van der Waals surface area (Å²) in [4.78, 5) is 26.3. The number of hydrogen-bond donors (Lipinski definition) is 1. The summed E-state index contributed by atoms with van der Waals surface area (Å²) in [6.45, 7) is 8.52. The highest BCUT2D eigenvalue weighted by molar-refractivity contribution is 6.08. The van der Waals surface area contributed by atoms with Crippen LogP contribution in [0.4, 0.5) is 4.79 Å². The van der Waals surface area contributed by atoms with Gasteiger partial charge in [0.1, 0.15) is 5.60 Å². The smallest absolute Gasteiger partial charge is 0.407 e. The van der Waals surface area contributed by atoms with Crippen LogP contribution in [0.5, 0.6) is 0 Å². The van der Waals surface area contributed by atoms with Gasteiger partial charge in [0.05, 0.1) is 6.04 Å². The number of nitrogens with zero attached hydrogens (tertiary/aromatic N) is 1. The molecule has 1 heterocycles. The van der Waals surface area contributed by atoms with Crippen LogP contribution in [0.3, 0.4) is 0 Å². The maximum Gasteiger partial charge on any atom is 0.407 e. The van der Waals surface area contributed by atoms with E-state index >= 15 is 0 Å². The predicted molar refractivity (Wildman–Crippen MR) is 97.7 cm³/mol. The summed E-state index contributed by atoms with van der Waals surface area (Å²) in [5.74, 6) is -0.00145. The van der Waals surface area contributed by atoms with Crippen LogP contribution in [0.15, 0.2) is 36.4 Å². The van der Waals surface area contributed by atoms with Crippen molar-refractivity contribution in [2.45, 2.75) is 39.3 Å². The quantitative estimate of drug-likeness (QED) is 0.910. The van der Waals surface area contributed by atoms with Crippen LogP contribution in [-0.4, -0.2) is 41.6 Å². The molecule has 1 saturated heterocycles. The zero-order valence-electron chi connectivity index (χ0n) is 15.1. The highest BCUT2D eigenvalue weighted by Gasteiger charge is 2.33. The van der Waals surface area contributed by atoms with E-state index in [-0.39, 0.29) is 11.9 Å². The van der Waals surface area contributed by atoms with Gasteiger partial charge in [-0.1, -0.05) is 30.3 Å². The molecule has 25 heavy (non-hydrogen) atoms. The summed E-state index contributed by atoms with van der Waals surface area (Å²) in [7, 11) is 0. The van der Waals surface area contributed by atoms with Crippen molar-refractivity contribution in [3.05, 3.63) is 47.5 Å². The van der Waals surface area contributed by atoms with E-state index in [4.69, 9.17) is 4.74 Å². The van der Waals surface area contributed by atoms with Crippen LogP contribution < -0.4 is 5.32 Å². The van der Waals surface area contributed by atoms with Gasteiger partial charge >= 0.3 is 6.09 Å². The molecule has 1 aliphatic rings. The third kappa shape index (κ3) is 3.76. The second kappa shape index (κ2) is 6.39. The first kappa shape index (κ1) is 17.3. The van der Waals surface area contributed by atoms with E-state index in [2.05, 4.69) is 5.32 Å². The molecule has 5 nitrogen and oxygen atoms in total. The topological polar surface area (TPSA) is 58.6 Å². The highest BCUT2D eigenvalue weighted by atomic mass is 16.6. The number of carbonyl (C=O) groups is 2. The van der Waals surface area contributed by atoms with Gasteiger partial charge in [-0.3, -0.25) is 4.79 Å². The van der Waals surface area contributed by atoms with Crippen molar-refractivity contribution in [1.29, 1.82) is 0 Å². The lowest BCUT2D eigenvalue weighted by Gasteiger charge is -2.39. The van der Waals surface area contributed by atoms with E-state index < -0.39 is 11.7 Å². The van der Waals surface area contributed by atoms with E-state index in [1.54, 1.807) is 4.90 Å². The summed E-state index contributed by atoms with van der Waals surface area (Å²) in [5, 5.41) is 4.86. The summed E-state index contributed by atoms with van der Waals surface area (Å²) in [5.41, 5.74) is 1.33. The number of rotatable bonds is 2. The monoisotopic (exact) mass is 340 g/mol. The largest absolute Gasteiger partial charge is 0.444 e. The minimum atomic E-state index is -0.524. The third-order valence-corrected chi connectivity index (χ3v) is 4.26. The molecule has 2 aromatic rings. The molecule has 0 radical (unpaired) electrons. The Balaban J connectivity index is 1.65. The number of nitrogens with one attached hydrogen (secondary N) is 1. The van der Waals surface area contributed by atoms with Crippen LogP contribution in [-0.2, 0) is 4.74 Å². The van der Waals surface area contributed by atoms with Gasteiger partial charge in [-0.2, -0.15) is 0 Å². The first-order valence-corrected chi connectivity index (χ1v) is 8.52. The molecule has 0 saturated carbocycles. The molecule has 2 aromatic carbocycles. The Labute approximate surface area is 148 Å². The Morgan fingerprint density at radius 2 is 1.72 bits per heavy atom. The summed E-state index contributed by atoms with van der Waals surface area (Å²) < 4.78 is 5.24. The first-order chi connectivity index (χ1) is 11.7. The summed E-state index contributed by atoms with van der Waals surface area (Å²) in [6.07, 6.45) is -0.439. The van der Waals surface area contributed by atoms with E-state index in [0.717, 1.165) is 16.3 Å². The molecule has 0 unspecified atom stereocenters. The zero-order valence-corrected chi connectivity index (χ0v) is 15.1. The Morgan fingerprint density at radius 1 is 1.08 bits per heavy atom. The molecule has 0 bridgehead atoms. The van der Waals surface area contributed by atoms with Crippen molar-refractivity contribution >= 4 is 22.8 Å². The van der Waals surface area contributed by atoms with Crippen LogP contribution >= 0.6 is 0 Å². The van der Waals surface area contributed by atoms with Gasteiger partial charge in [0.15, 0.2) is 0 Å². The minimum absolute atomic E-state index is 0.00145. The van der Waals surface area contributed by atoms with Crippen molar-refractivity contribution in [1.82, 2.24) is 10.2 Å². The number of alkyl carbamates (subject to hydrolysis) is 1. The molecule has 0 aliphatic carbocycles. The molecule has 3 rings (SSSR count). The predicted octanol–water partition coefficient (Wildman–Crippen LogP) is 3.50. The zero-order chi connectivity index (χ0) is 18.2. The molecular formula is C20H24N2O3. The number of benzene rings is 2. The van der Waals surface area contributed by atoms with Crippen molar-refractivity contribution < 1.29 is 14.3 Å². The van der Waals surface area contributed by atoms with Crippen molar-refractivity contribution in [2.75, 3.05) is 13.1 Å². The molecule has 1 aliphatic heterocycles. The van der Waals surface area contributed by atoms with E-state index in [1.165, 1.54) is 0 Å². The lowest BCUT2D eigenvalue weighted by atomic mass is 9.98. The fraction of sp³-hybridized carbons (Fsp3) is 0.400. The van der Waals surface area contributed by atoms with E-state index in [0.29, 0.717) is 18.7 Å². The summed E-state index contributed by atoms with van der Waals surface area (Å²) in [6, 6.07) is 11.7. The van der Waals surface area contributed by atoms with Crippen LogP contribution in [0.1, 0.15) is 36.7 Å². The Morgan fingerprint density at radius 3 is 2.36 bits per heavy atom. The van der Waals surface area contributed by atoms with Crippen molar-refractivity contribution in [2.24, 2.45) is 0 Å². The molecule has 0 aromatic heterocycles. The van der Waals surface area contributed by atoms with Crippen molar-refractivity contribution in [3.63, 3.8) is 0 Å². The molecular weight excluding hydrogens is 316 g/mol. The number of fused-ring (bicyclic) bond motifs is 1. The second-order valence-corrected chi connectivity index (χ2v) is 7.53. The van der Waals surface area contributed by atoms with Crippen LogP contribution in [0, 0.1) is 6.92 Å². The Kier molecular flexibility index (Phi) is 4.41. The highest BCUT2D eigenvalue weighted by Crippen LogP contribution is 2.25. The average molecular weight is 340 g/mol. The second-order valence-electron chi connectivity index (χ2n) is 7.53. The SMILES string of the molecule is Cc1ccc(C(=O)N2CC(NC(=O)OC(C)(C)C)C2)c2ccccc12. The fourth-order valence-corrected chi connectivity index (χ4v) is 3.02. The lowest BCUT2D eigenvalue weighted by Crippen LogP contribution is -2.61. The van der Waals surface area contributed by atoms with Gasteiger partial charge in [-0.25, -0.2) is 4.79 Å². The van der Waals surface area contributed by atoms with Gasteiger partial charge in [0.25, 0.3) is 5.91 Å². The summed E-state index contributed by atoms with van der Waals surface area (Å²) >= 11 is 0. The van der Waals surface area contributed by atoms with Gasteiger partial charge in [0, 0.05) is 18.7 Å². The molecule has 1 fully saturated rings. The normalized spacial score (nSPS) is 15.0. The van der Waals surface area contributed by atoms with Gasteiger partial charge in [0.2, 0.25) is 0 Å². The molecule has 132 valence electrons. The van der Waals surface area contributed by atoms with E-state index in [1.807, 2.05) is 64.1 Å². The van der Waals surface area contributed by atoms with E-state index in [9.17, 15) is 9.59 Å². The maximum atomic E-state index is 12.8. The fourth-order valence-electron chi connectivity index (χ4n) is 3.02. The molecule has 5 heteroatoms. The average Bonchev–Trinajstić information content (AvgIpc) is 2.49. The molecule has 0 spiro atoms. The van der Waals surface area contributed by atoms with Crippen LogP contribution in [0.2, 0.25) is 0 Å². The lowest BCUT2D eigenvalue weighted by molar-refractivity contribution is 0.0360. The molecule has 2 amide bonds. The number of likely N-dealkylation sites (tertiary alicyclic amines) is 1. The Hall–Kier alpha value is -2.56. The Bertz CT molecular complexity index is 817. The number of hydrogen-bond acceptors (Lipinski definition) is 3. The minimum Gasteiger partial charge on any atom is -0.444 e. The number of ether oxygens (including phenoxy) is 1. The molecule has 0 atom stereocenters. The van der Waals surface area contributed by atoms with Gasteiger partial charge < -0.3 is 15.0 Å². The standard InChI is InChI=1S/C20H24N2O3/c1-13-9-10-17(16-8-6-5-7-15(13)16)18(23)22-11-14(12-22)21-19(24)25-20(2,3)4/h5-10,14H,11-12H2,1-4H3,(H,21,24). The molecule has 1 N–H and O–H groups in total. The van der Waals surface area contributed by atoms with Gasteiger partial charge in [-0.05, 0) is 50.1 Å². The van der Waals surface area contributed by atoms with Crippen LogP contribution in [0.25, 0.3) is 10.8 Å². The van der Waals surface area contributed by atoms with Crippen molar-refractivity contribution in [3.8, 4) is 0 Å². The number of aryl methyl sites for hydroxylation is 1. The third-order valence-electron chi connectivity index (χ3n) is 4.26. The maximum absolute atomic E-state index is 12.8. The number of amides is 2.